The Morgan fingerprint density at radius 2 is 2.06 bits per heavy atom. The fourth-order valence-corrected chi connectivity index (χ4v) is 5.20. The average molecular weight is 250 g/mol. The summed E-state index contributed by atoms with van der Waals surface area (Å²) in [5.74, 6) is 2.13. The maximum absolute atomic E-state index is 12.2. The lowest BCUT2D eigenvalue weighted by Gasteiger charge is -2.47. The van der Waals surface area contributed by atoms with E-state index in [1.807, 2.05) is 14.1 Å². The maximum Gasteiger partial charge on any atom is 0.225 e. The summed E-state index contributed by atoms with van der Waals surface area (Å²) in [6.07, 6.45) is 8.63. The summed E-state index contributed by atoms with van der Waals surface area (Å²) < 4.78 is 0. The van der Waals surface area contributed by atoms with Gasteiger partial charge in [0.25, 0.3) is 0 Å². The standard InChI is InChI=1S/C15H26N2O/c1-17(2)14(18)11-4-3-7-15(9-11)12-6-5-10(8-12)13(15)16/h10-13H,3-9,16H2,1-2H3/t10-,11?,12+,13-,15-/m1/s1. The van der Waals surface area contributed by atoms with Gasteiger partial charge in [-0.2, -0.15) is 0 Å². The van der Waals surface area contributed by atoms with Gasteiger partial charge in [-0.1, -0.05) is 6.42 Å². The lowest BCUT2D eigenvalue weighted by atomic mass is 9.59. The monoisotopic (exact) mass is 250 g/mol. The van der Waals surface area contributed by atoms with E-state index in [0.29, 0.717) is 17.4 Å². The Labute approximate surface area is 110 Å². The van der Waals surface area contributed by atoms with E-state index in [1.165, 1.54) is 32.1 Å². The number of nitrogens with two attached hydrogens (primary N) is 1. The summed E-state index contributed by atoms with van der Waals surface area (Å²) in [4.78, 5) is 14.0. The van der Waals surface area contributed by atoms with E-state index in [1.54, 1.807) is 4.90 Å². The fraction of sp³-hybridized carbons (Fsp3) is 0.933. The van der Waals surface area contributed by atoms with E-state index in [-0.39, 0.29) is 5.92 Å². The first-order valence-electron chi connectivity index (χ1n) is 7.51. The molecule has 0 aliphatic heterocycles. The number of amides is 1. The van der Waals surface area contributed by atoms with Gasteiger partial charge in [0.1, 0.15) is 0 Å². The summed E-state index contributed by atoms with van der Waals surface area (Å²) in [5, 5.41) is 0. The highest BCUT2D eigenvalue weighted by Crippen LogP contribution is 2.61. The summed E-state index contributed by atoms with van der Waals surface area (Å²) in [6, 6.07) is 0.369. The number of rotatable bonds is 1. The van der Waals surface area contributed by atoms with Gasteiger partial charge in [0.15, 0.2) is 0 Å². The van der Waals surface area contributed by atoms with E-state index < -0.39 is 0 Å². The Hall–Kier alpha value is -0.570. The highest BCUT2D eigenvalue weighted by Gasteiger charge is 2.58. The zero-order valence-electron chi connectivity index (χ0n) is 11.7. The third-order valence-corrected chi connectivity index (χ3v) is 6.07. The molecule has 102 valence electrons. The minimum atomic E-state index is 0.235. The molecule has 1 unspecified atom stereocenters. The van der Waals surface area contributed by atoms with Crippen molar-refractivity contribution >= 4 is 5.91 Å². The van der Waals surface area contributed by atoms with Gasteiger partial charge >= 0.3 is 0 Å². The maximum atomic E-state index is 12.2. The molecule has 3 aliphatic carbocycles. The molecule has 2 bridgehead atoms. The molecule has 0 aromatic rings. The third-order valence-electron chi connectivity index (χ3n) is 6.07. The zero-order chi connectivity index (χ0) is 12.9. The lowest BCUT2D eigenvalue weighted by Crippen LogP contribution is -2.50. The van der Waals surface area contributed by atoms with Crippen LogP contribution < -0.4 is 5.73 Å². The molecular formula is C15H26N2O. The first-order chi connectivity index (χ1) is 8.54. The highest BCUT2D eigenvalue weighted by molar-refractivity contribution is 5.78. The predicted octanol–water partition coefficient (Wildman–Crippen LogP) is 2.01. The summed E-state index contributed by atoms with van der Waals surface area (Å²) in [5.41, 5.74) is 6.86. The summed E-state index contributed by atoms with van der Waals surface area (Å²) in [7, 11) is 3.76. The molecule has 3 rings (SSSR count). The average Bonchev–Trinajstić information content (AvgIpc) is 2.93. The number of carbonyl (C=O) groups is 1. The molecule has 3 nitrogen and oxygen atoms in total. The van der Waals surface area contributed by atoms with E-state index in [0.717, 1.165) is 24.7 Å². The minimum Gasteiger partial charge on any atom is -0.349 e. The van der Waals surface area contributed by atoms with Crippen molar-refractivity contribution < 1.29 is 4.79 Å². The van der Waals surface area contributed by atoms with Gasteiger partial charge in [-0.3, -0.25) is 4.79 Å². The van der Waals surface area contributed by atoms with Crippen LogP contribution in [0.4, 0.5) is 0 Å². The minimum absolute atomic E-state index is 0.235. The molecule has 3 fully saturated rings. The quantitative estimate of drug-likeness (QED) is 0.774. The number of hydrogen-bond donors (Lipinski definition) is 1. The molecule has 0 heterocycles. The Morgan fingerprint density at radius 1 is 1.28 bits per heavy atom. The van der Waals surface area contributed by atoms with Gasteiger partial charge in [-0.05, 0) is 55.8 Å². The SMILES string of the molecule is CN(C)C(=O)C1CCC[C@@]2(C1)[C@H]1CC[C@H](C1)[C@H]2N. The second-order valence-electron chi connectivity index (χ2n) is 7.05. The van der Waals surface area contributed by atoms with Crippen LogP contribution in [0.25, 0.3) is 0 Å². The Morgan fingerprint density at radius 3 is 2.67 bits per heavy atom. The van der Waals surface area contributed by atoms with Crippen LogP contribution in [0.2, 0.25) is 0 Å². The molecule has 3 aliphatic rings. The van der Waals surface area contributed by atoms with Crippen molar-refractivity contribution in [1.82, 2.24) is 4.90 Å². The molecule has 0 saturated heterocycles. The molecule has 3 saturated carbocycles. The lowest BCUT2D eigenvalue weighted by molar-refractivity contribution is -0.136. The third kappa shape index (κ3) is 1.63. The number of hydrogen-bond acceptors (Lipinski definition) is 2. The van der Waals surface area contributed by atoms with Crippen molar-refractivity contribution in [2.75, 3.05) is 14.1 Å². The van der Waals surface area contributed by atoms with Crippen LogP contribution in [0.3, 0.4) is 0 Å². The van der Waals surface area contributed by atoms with Crippen LogP contribution in [0, 0.1) is 23.2 Å². The van der Waals surface area contributed by atoms with Gasteiger partial charge in [0.05, 0.1) is 0 Å². The van der Waals surface area contributed by atoms with E-state index in [9.17, 15) is 4.79 Å². The van der Waals surface area contributed by atoms with Crippen LogP contribution >= 0.6 is 0 Å². The van der Waals surface area contributed by atoms with Crippen LogP contribution in [-0.2, 0) is 4.79 Å². The molecular weight excluding hydrogens is 224 g/mol. The topological polar surface area (TPSA) is 46.3 Å². The van der Waals surface area contributed by atoms with Crippen LogP contribution in [0.1, 0.15) is 44.9 Å². The molecule has 0 radical (unpaired) electrons. The predicted molar refractivity (Wildman–Crippen MR) is 71.9 cm³/mol. The van der Waals surface area contributed by atoms with Gasteiger partial charge in [0, 0.05) is 26.1 Å². The molecule has 1 amide bonds. The molecule has 5 atom stereocenters. The second kappa shape index (κ2) is 4.22. The highest BCUT2D eigenvalue weighted by atomic mass is 16.2. The largest absolute Gasteiger partial charge is 0.349 e. The van der Waals surface area contributed by atoms with Crippen LogP contribution in [-0.4, -0.2) is 30.9 Å². The van der Waals surface area contributed by atoms with Crippen molar-refractivity contribution in [3.05, 3.63) is 0 Å². The molecule has 1 spiro atoms. The van der Waals surface area contributed by atoms with E-state index >= 15 is 0 Å². The molecule has 0 aromatic heterocycles. The van der Waals surface area contributed by atoms with Crippen molar-refractivity contribution in [1.29, 1.82) is 0 Å². The smallest absolute Gasteiger partial charge is 0.225 e. The normalized spacial score (nSPS) is 46.6. The van der Waals surface area contributed by atoms with Gasteiger partial charge in [-0.25, -0.2) is 0 Å². The van der Waals surface area contributed by atoms with Crippen molar-refractivity contribution in [3.63, 3.8) is 0 Å². The fourth-order valence-electron chi connectivity index (χ4n) is 5.20. The zero-order valence-corrected chi connectivity index (χ0v) is 11.7. The number of fused-ring (bicyclic) bond motifs is 3. The van der Waals surface area contributed by atoms with Crippen LogP contribution in [0.15, 0.2) is 0 Å². The Balaban J connectivity index is 1.80. The first kappa shape index (κ1) is 12.5. The summed E-state index contributed by atoms with van der Waals surface area (Å²) >= 11 is 0. The molecule has 0 aromatic carbocycles. The second-order valence-corrected chi connectivity index (χ2v) is 7.05. The molecule has 18 heavy (non-hydrogen) atoms. The molecule has 2 N–H and O–H groups in total. The molecule has 3 heteroatoms. The number of carbonyl (C=O) groups excluding carboxylic acids is 1. The van der Waals surface area contributed by atoms with Crippen molar-refractivity contribution in [2.45, 2.75) is 51.0 Å². The van der Waals surface area contributed by atoms with Gasteiger partial charge < -0.3 is 10.6 Å². The van der Waals surface area contributed by atoms with E-state index in [4.69, 9.17) is 5.73 Å². The Bertz CT molecular complexity index is 350. The Kier molecular flexibility index (Phi) is 2.92. The van der Waals surface area contributed by atoms with Crippen molar-refractivity contribution in [2.24, 2.45) is 28.9 Å². The van der Waals surface area contributed by atoms with E-state index in [2.05, 4.69) is 0 Å². The number of nitrogens with zero attached hydrogens (tertiary/aromatic N) is 1. The van der Waals surface area contributed by atoms with Gasteiger partial charge in [0.2, 0.25) is 5.91 Å². The van der Waals surface area contributed by atoms with Crippen molar-refractivity contribution in [3.8, 4) is 0 Å². The van der Waals surface area contributed by atoms with Crippen LogP contribution in [0.5, 0.6) is 0 Å². The summed E-state index contributed by atoms with van der Waals surface area (Å²) in [6.45, 7) is 0. The van der Waals surface area contributed by atoms with Gasteiger partial charge in [-0.15, -0.1) is 0 Å². The first-order valence-corrected chi connectivity index (χ1v) is 7.51.